The number of carbonyl (C=O) groups is 1. The minimum absolute atomic E-state index is 0.0143. The van der Waals surface area contributed by atoms with Crippen LogP contribution in [0.5, 0.6) is 0 Å². The molecule has 0 aliphatic carbocycles. The molecule has 3 N–H and O–H groups in total. The summed E-state index contributed by atoms with van der Waals surface area (Å²) in [5.41, 5.74) is 5.35. The quantitative estimate of drug-likeness (QED) is 0.694. The predicted octanol–water partition coefficient (Wildman–Crippen LogP) is 2.35. The van der Waals surface area contributed by atoms with Gasteiger partial charge in [0, 0.05) is 24.2 Å². The minimum atomic E-state index is -0.0143. The molecule has 5 nitrogen and oxygen atoms in total. The number of H-pyrrole nitrogens is 1. The van der Waals surface area contributed by atoms with Crippen molar-refractivity contribution in [1.82, 2.24) is 15.5 Å². The van der Waals surface area contributed by atoms with Gasteiger partial charge in [-0.3, -0.25) is 9.89 Å². The van der Waals surface area contributed by atoms with Gasteiger partial charge >= 0.3 is 0 Å². The molecule has 1 aliphatic rings. The molecule has 2 aromatic carbocycles. The molecule has 0 radical (unpaired) electrons. The fraction of sp³-hybridized carbons (Fsp3) is 0.176. The number of nitrogens with one attached hydrogen (secondary N) is 3. The number of rotatable bonds is 3. The number of carbonyl (C=O) groups excluding carboxylic acids is 1. The summed E-state index contributed by atoms with van der Waals surface area (Å²) in [6.07, 6.45) is 2.10. The molecule has 1 aliphatic heterocycles. The lowest BCUT2D eigenvalue weighted by Crippen LogP contribution is -2.14. The molecule has 2 heterocycles. The van der Waals surface area contributed by atoms with E-state index < -0.39 is 0 Å². The highest BCUT2D eigenvalue weighted by Crippen LogP contribution is 2.21. The second-order valence-electron chi connectivity index (χ2n) is 5.56. The average molecular weight is 292 g/mol. The van der Waals surface area contributed by atoms with Crippen LogP contribution >= 0.6 is 0 Å². The first kappa shape index (κ1) is 13.0. The Kier molecular flexibility index (Phi) is 3.12. The highest BCUT2D eigenvalue weighted by molar-refractivity contribution is 5.95. The summed E-state index contributed by atoms with van der Waals surface area (Å²) in [6, 6.07) is 11.9. The van der Waals surface area contributed by atoms with Gasteiger partial charge in [-0.1, -0.05) is 18.2 Å². The lowest BCUT2D eigenvalue weighted by atomic mass is 10.1. The highest BCUT2D eigenvalue weighted by atomic mass is 16.1. The molecule has 22 heavy (non-hydrogen) atoms. The Labute approximate surface area is 127 Å². The zero-order valence-corrected chi connectivity index (χ0v) is 12.0. The van der Waals surface area contributed by atoms with E-state index in [4.69, 9.17) is 0 Å². The van der Waals surface area contributed by atoms with Gasteiger partial charge in [-0.2, -0.15) is 5.10 Å². The molecule has 0 atom stereocenters. The molecule has 5 heteroatoms. The topological polar surface area (TPSA) is 69.8 Å². The van der Waals surface area contributed by atoms with Gasteiger partial charge in [-0.15, -0.1) is 0 Å². The summed E-state index contributed by atoms with van der Waals surface area (Å²) in [4.78, 5) is 12.3. The number of anilines is 1. The van der Waals surface area contributed by atoms with E-state index in [1.807, 2.05) is 30.3 Å². The van der Waals surface area contributed by atoms with Crippen molar-refractivity contribution in [3.05, 3.63) is 59.3 Å². The van der Waals surface area contributed by atoms with Crippen LogP contribution in [-0.4, -0.2) is 16.1 Å². The van der Waals surface area contributed by atoms with E-state index in [1.54, 1.807) is 6.20 Å². The maximum absolute atomic E-state index is 12.3. The number of hydrogen-bond donors (Lipinski definition) is 3. The van der Waals surface area contributed by atoms with Crippen molar-refractivity contribution < 1.29 is 4.79 Å². The first-order chi connectivity index (χ1) is 10.8. The molecule has 0 spiro atoms. The van der Waals surface area contributed by atoms with Crippen molar-refractivity contribution in [2.75, 3.05) is 5.32 Å². The maximum atomic E-state index is 12.3. The molecule has 1 amide bonds. The van der Waals surface area contributed by atoms with Gasteiger partial charge in [0.1, 0.15) is 0 Å². The van der Waals surface area contributed by atoms with Gasteiger partial charge in [0.05, 0.1) is 18.1 Å². The number of aromatic nitrogens is 2. The van der Waals surface area contributed by atoms with Crippen molar-refractivity contribution in [1.29, 1.82) is 0 Å². The number of benzene rings is 2. The van der Waals surface area contributed by atoms with Crippen LogP contribution in [-0.2, 0) is 24.3 Å². The standard InChI is InChI=1S/C17H16N4O/c22-17(7-11-2-1-3-16-15(11)10-19-21-16)20-14-5-4-12-8-18-9-13(12)6-14/h1-6,10,18H,7-9H2,(H,19,21)(H,20,22). The van der Waals surface area contributed by atoms with Crippen LogP contribution in [0.2, 0.25) is 0 Å². The number of amides is 1. The van der Waals surface area contributed by atoms with Crippen LogP contribution in [0.4, 0.5) is 5.69 Å². The van der Waals surface area contributed by atoms with Crippen LogP contribution in [0, 0.1) is 0 Å². The smallest absolute Gasteiger partial charge is 0.228 e. The Hall–Kier alpha value is -2.66. The lowest BCUT2D eigenvalue weighted by Gasteiger charge is -2.08. The molecule has 0 bridgehead atoms. The number of aromatic amines is 1. The second-order valence-corrected chi connectivity index (χ2v) is 5.56. The van der Waals surface area contributed by atoms with Crippen LogP contribution in [0.1, 0.15) is 16.7 Å². The molecule has 1 aromatic heterocycles. The fourth-order valence-corrected chi connectivity index (χ4v) is 2.93. The third-order valence-corrected chi connectivity index (χ3v) is 4.05. The third-order valence-electron chi connectivity index (χ3n) is 4.05. The number of nitrogens with zero attached hydrogens (tertiary/aromatic N) is 1. The Bertz CT molecular complexity index is 853. The molecule has 0 fully saturated rings. The number of hydrogen-bond acceptors (Lipinski definition) is 3. The van der Waals surface area contributed by atoms with Crippen molar-refractivity contribution in [3.8, 4) is 0 Å². The molecule has 0 saturated heterocycles. The van der Waals surface area contributed by atoms with Crippen LogP contribution in [0.3, 0.4) is 0 Å². The van der Waals surface area contributed by atoms with Gasteiger partial charge in [0.2, 0.25) is 5.91 Å². The first-order valence-electron chi connectivity index (χ1n) is 7.33. The highest BCUT2D eigenvalue weighted by Gasteiger charge is 2.12. The van der Waals surface area contributed by atoms with Crippen LogP contribution < -0.4 is 10.6 Å². The minimum Gasteiger partial charge on any atom is -0.326 e. The number of fused-ring (bicyclic) bond motifs is 2. The lowest BCUT2D eigenvalue weighted by molar-refractivity contribution is -0.115. The third kappa shape index (κ3) is 2.35. The first-order valence-corrected chi connectivity index (χ1v) is 7.33. The second kappa shape index (κ2) is 5.27. The molecule has 0 saturated carbocycles. The van der Waals surface area contributed by atoms with Crippen LogP contribution in [0.15, 0.2) is 42.6 Å². The Balaban J connectivity index is 1.52. The van der Waals surface area contributed by atoms with E-state index in [0.717, 1.165) is 35.2 Å². The van der Waals surface area contributed by atoms with Crippen molar-refractivity contribution in [3.63, 3.8) is 0 Å². The van der Waals surface area contributed by atoms with E-state index in [-0.39, 0.29) is 5.91 Å². The van der Waals surface area contributed by atoms with E-state index in [1.165, 1.54) is 11.1 Å². The molecule has 0 unspecified atom stereocenters. The normalized spacial score (nSPS) is 13.3. The Morgan fingerprint density at radius 2 is 2.09 bits per heavy atom. The average Bonchev–Trinajstić information content (AvgIpc) is 3.15. The zero-order valence-electron chi connectivity index (χ0n) is 12.0. The summed E-state index contributed by atoms with van der Waals surface area (Å²) >= 11 is 0. The van der Waals surface area contributed by atoms with E-state index in [2.05, 4.69) is 26.9 Å². The summed E-state index contributed by atoms with van der Waals surface area (Å²) in [6.45, 7) is 1.78. The van der Waals surface area contributed by atoms with E-state index >= 15 is 0 Å². The van der Waals surface area contributed by atoms with Gasteiger partial charge < -0.3 is 10.6 Å². The summed E-state index contributed by atoms with van der Waals surface area (Å²) < 4.78 is 0. The van der Waals surface area contributed by atoms with Gasteiger partial charge in [-0.25, -0.2) is 0 Å². The molecular formula is C17H16N4O. The maximum Gasteiger partial charge on any atom is 0.228 e. The molecular weight excluding hydrogens is 276 g/mol. The Morgan fingerprint density at radius 1 is 1.18 bits per heavy atom. The molecule has 110 valence electrons. The van der Waals surface area contributed by atoms with Crippen LogP contribution in [0.25, 0.3) is 10.9 Å². The van der Waals surface area contributed by atoms with Crippen molar-refractivity contribution >= 4 is 22.5 Å². The van der Waals surface area contributed by atoms with E-state index in [0.29, 0.717) is 6.42 Å². The fourth-order valence-electron chi connectivity index (χ4n) is 2.93. The largest absolute Gasteiger partial charge is 0.326 e. The van der Waals surface area contributed by atoms with Crippen molar-refractivity contribution in [2.24, 2.45) is 0 Å². The van der Waals surface area contributed by atoms with Gasteiger partial charge in [0.25, 0.3) is 0 Å². The summed E-state index contributed by atoms with van der Waals surface area (Å²) in [7, 11) is 0. The monoisotopic (exact) mass is 292 g/mol. The molecule has 3 aromatic rings. The Morgan fingerprint density at radius 3 is 3.05 bits per heavy atom. The zero-order chi connectivity index (χ0) is 14.9. The SMILES string of the molecule is O=C(Cc1cccc2[nH]ncc12)Nc1ccc2c(c1)CNC2. The predicted molar refractivity (Wildman–Crippen MR) is 85.4 cm³/mol. The summed E-state index contributed by atoms with van der Waals surface area (Å²) in [5, 5.41) is 14.2. The molecule has 4 rings (SSSR count). The van der Waals surface area contributed by atoms with Gasteiger partial charge in [0.15, 0.2) is 0 Å². The van der Waals surface area contributed by atoms with Gasteiger partial charge in [-0.05, 0) is 34.9 Å². The van der Waals surface area contributed by atoms with Crippen molar-refractivity contribution in [2.45, 2.75) is 19.5 Å². The van der Waals surface area contributed by atoms with E-state index in [9.17, 15) is 4.79 Å². The summed E-state index contributed by atoms with van der Waals surface area (Å²) in [5.74, 6) is -0.0143.